The van der Waals surface area contributed by atoms with E-state index in [4.69, 9.17) is 0 Å². The molecule has 2 N–H and O–H groups in total. The molecule has 2 aliphatic rings. The molecule has 0 spiro atoms. The first-order valence-corrected chi connectivity index (χ1v) is 9.22. The lowest BCUT2D eigenvalue weighted by Crippen LogP contribution is -2.24. The minimum Gasteiger partial charge on any atom is -0.307 e. The van der Waals surface area contributed by atoms with Crippen molar-refractivity contribution in [2.24, 2.45) is 0 Å². The van der Waals surface area contributed by atoms with E-state index in [1.54, 1.807) is 0 Å². The number of carbonyl (C=O) groups excluding carboxylic acids is 1. The SMILES string of the molecule is CN(C)C/C=C/SNC(=O)Nc1c2c(cc3c1CCC3)CCC2. The Bertz CT molecular complexity index is 593. The van der Waals surface area contributed by atoms with E-state index in [0.29, 0.717) is 0 Å². The molecule has 1 aromatic rings. The maximum atomic E-state index is 12.2. The van der Waals surface area contributed by atoms with Crippen LogP contribution >= 0.6 is 11.9 Å². The smallest absolute Gasteiger partial charge is 0.307 e. The Morgan fingerprint density at radius 2 is 1.83 bits per heavy atom. The van der Waals surface area contributed by atoms with Crippen molar-refractivity contribution in [2.75, 3.05) is 26.0 Å². The number of urea groups is 1. The van der Waals surface area contributed by atoms with Gasteiger partial charge >= 0.3 is 6.03 Å². The maximum Gasteiger partial charge on any atom is 0.329 e. The normalized spacial score (nSPS) is 16.0. The lowest BCUT2D eigenvalue weighted by molar-refractivity contribution is 0.257. The zero-order valence-electron chi connectivity index (χ0n) is 13.9. The minimum absolute atomic E-state index is 0.126. The molecule has 0 saturated carbocycles. The van der Waals surface area contributed by atoms with E-state index < -0.39 is 0 Å². The van der Waals surface area contributed by atoms with Gasteiger partial charge in [0.05, 0.1) is 0 Å². The van der Waals surface area contributed by atoms with Crippen molar-refractivity contribution < 1.29 is 4.79 Å². The number of likely N-dealkylation sites (N-methyl/N-ethyl adjacent to an activating group) is 1. The van der Waals surface area contributed by atoms with Crippen LogP contribution in [0.3, 0.4) is 0 Å². The van der Waals surface area contributed by atoms with E-state index in [0.717, 1.165) is 37.9 Å². The van der Waals surface area contributed by atoms with Crippen LogP contribution < -0.4 is 10.0 Å². The summed E-state index contributed by atoms with van der Waals surface area (Å²) in [5, 5.41) is 5.04. The van der Waals surface area contributed by atoms with Crippen molar-refractivity contribution in [1.82, 2.24) is 9.62 Å². The summed E-state index contributed by atoms with van der Waals surface area (Å²) in [6, 6.07) is 2.26. The largest absolute Gasteiger partial charge is 0.329 e. The summed E-state index contributed by atoms with van der Waals surface area (Å²) in [6.07, 6.45) is 8.93. The Kier molecular flexibility index (Phi) is 5.28. The van der Waals surface area contributed by atoms with E-state index in [1.807, 2.05) is 25.6 Å². The second-order valence-corrected chi connectivity index (χ2v) is 7.25. The van der Waals surface area contributed by atoms with E-state index in [-0.39, 0.29) is 6.03 Å². The van der Waals surface area contributed by atoms with E-state index in [1.165, 1.54) is 47.0 Å². The van der Waals surface area contributed by atoms with E-state index in [9.17, 15) is 4.79 Å². The van der Waals surface area contributed by atoms with Crippen molar-refractivity contribution in [3.63, 3.8) is 0 Å². The molecule has 0 aliphatic heterocycles. The molecule has 0 fully saturated rings. The first-order chi connectivity index (χ1) is 11.1. The molecule has 2 aliphatic carbocycles. The van der Waals surface area contributed by atoms with Crippen molar-refractivity contribution >= 4 is 23.7 Å². The minimum atomic E-state index is -0.126. The van der Waals surface area contributed by atoms with Crippen LogP contribution in [0.15, 0.2) is 17.6 Å². The lowest BCUT2D eigenvalue weighted by atomic mass is 9.99. The fourth-order valence-corrected chi connectivity index (χ4v) is 3.90. The highest BCUT2D eigenvalue weighted by molar-refractivity contribution is 8.00. The molecule has 0 bridgehead atoms. The predicted molar refractivity (Wildman–Crippen MR) is 97.9 cm³/mol. The Morgan fingerprint density at radius 3 is 2.43 bits per heavy atom. The van der Waals surface area contributed by atoms with Gasteiger partial charge in [-0.15, -0.1) is 0 Å². The predicted octanol–water partition coefficient (Wildman–Crippen LogP) is 3.51. The number of hydrogen-bond acceptors (Lipinski definition) is 3. The fraction of sp³-hybridized carbons (Fsp3) is 0.500. The van der Waals surface area contributed by atoms with Gasteiger partial charge in [0.25, 0.3) is 0 Å². The first kappa shape index (κ1) is 16.4. The van der Waals surface area contributed by atoms with Gasteiger partial charge in [0.2, 0.25) is 0 Å². The molecule has 4 nitrogen and oxygen atoms in total. The van der Waals surface area contributed by atoms with Crippen LogP contribution in [0.25, 0.3) is 0 Å². The summed E-state index contributed by atoms with van der Waals surface area (Å²) >= 11 is 1.32. The van der Waals surface area contributed by atoms with Crippen LogP contribution in [0.2, 0.25) is 0 Å². The number of nitrogens with zero attached hydrogens (tertiary/aromatic N) is 1. The second kappa shape index (κ2) is 7.41. The monoisotopic (exact) mass is 331 g/mol. The quantitative estimate of drug-likeness (QED) is 0.812. The van der Waals surface area contributed by atoms with Crippen molar-refractivity contribution in [1.29, 1.82) is 0 Å². The fourth-order valence-electron chi connectivity index (χ4n) is 3.50. The number of benzene rings is 1. The van der Waals surface area contributed by atoms with Crippen LogP contribution in [0.4, 0.5) is 10.5 Å². The third kappa shape index (κ3) is 3.90. The molecule has 3 rings (SSSR count). The van der Waals surface area contributed by atoms with Crippen LogP contribution in [0.1, 0.15) is 35.1 Å². The van der Waals surface area contributed by atoms with Crippen molar-refractivity contribution in [3.8, 4) is 0 Å². The zero-order valence-corrected chi connectivity index (χ0v) is 14.8. The Labute approximate surface area is 142 Å². The Morgan fingerprint density at radius 1 is 1.17 bits per heavy atom. The summed E-state index contributed by atoms with van der Waals surface area (Å²) in [6.45, 7) is 0.871. The first-order valence-electron chi connectivity index (χ1n) is 8.34. The Balaban J connectivity index is 1.64. The molecule has 0 saturated heterocycles. The molecule has 1 aromatic carbocycles. The molecule has 0 unspecified atom stereocenters. The molecule has 0 heterocycles. The van der Waals surface area contributed by atoms with Crippen LogP contribution in [-0.4, -0.2) is 31.6 Å². The molecule has 5 heteroatoms. The molecular weight excluding hydrogens is 306 g/mol. The third-order valence-corrected chi connectivity index (χ3v) is 5.13. The number of fused-ring (bicyclic) bond motifs is 2. The lowest BCUT2D eigenvalue weighted by Gasteiger charge is -2.16. The standard InChI is InChI=1S/C18H25N3OS/c1-21(2)10-5-11-23-20-18(22)19-17-15-8-3-6-13(15)12-14-7-4-9-16(14)17/h5,11-12H,3-4,6-10H2,1-2H3,(H2,19,20,22)/b11-5+. The van der Waals surface area contributed by atoms with E-state index in [2.05, 4.69) is 21.0 Å². The number of nitrogens with one attached hydrogen (secondary N) is 2. The molecule has 124 valence electrons. The number of aryl methyl sites for hydroxylation is 2. The summed E-state index contributed by atoms with van der Waals surface area (Å²) in [5.74, 6) is 0. The molecular formula is C18H25N3OS. The van der Waals surface area contributed by atoms with Crippen LogP contribution in [0, 0.1) is 0 Å². The highest BCUT2D eigenvalue weighted by Gasteiger charge is 2.24. The van der Waals surface area contributed by atoms with Crippen LogP contribution in [0.5, 0.6) is 0 Å². The molecule has 0 aromatic heterocycles. The van der Waals surface area contributed by atoms with Crippen LogP contribution in [-0.2, 0) is 25.7 Å². The number of hydrogen-bond donors (Lipinski definition) is 2. The number of amides is 2. The van der Waals surface area contributed by atoms with Gasteiger partial charge in [-0.2, -0.15) is 0 Å². The number of anilines is 1. The van der Waals surface area contributed by atoms with Gasteiger partial charge in [-0.1, -0.05) is 12.1 Å². The number of carbonyl (C=O) groups is 1. The molecule has 2 amide bonds. The summed E-state index contributed by atoms with van der Waals surface area (Å²) < 4.78 is 2.85. The summed E-state index contributed by atoms with van der Waals surface area (Å²) in [4.78, 5) is 14.3. The van der Waals surface area contributed by atoms with Gasteiger partial charge in [-0.3, -0.25) is 4.72 Å². The maximum absolute atomic E-state index is 12.2. The topological polar surface area (TPSA) is 44.4 Å². The van der Waals surface area contributed by atoms with E-state index >= 15 is 0 Å². The number of rotatable bonds is 5. The zero-order chi connectivity index (χ0) is 16.2. The van der Waals surface area contributed by atoms with Gasteiger partial charge in [-0.25, -0.2) is 4.79 Å². The highest BCUT2D eigenvalue weighted by Crippen LogP contribution is 2.38. The van der Waals surface area contributed by atoms with Crippen molar-refractivity contribution in [3.05, 3.63) is 39.8 Å². The summed E-state index contributed by atoms with van der Waals surface area (Å²) in [5.41, 5.74) is 6.73. The van der Waals surface area contributed by atoms with Gasteiger partial charge in [0, 0.05) is 12.2 Å². The third-order valence-electron chi connectivity index (χ3n) is 4.50. The molecule has 0 radical (unpaired) electrons. The molecule has 0 atom stereocenters. The van der Waals surface area contributed by atoms with Gasteiger partial charge in [0.1, 0.15) is 0 Å². The van der Waals surface area contributed by atoms with Gasteiger partial charge < -0.3 is 10.2 Å². The highest BCUT2D eigenvalue weighted by atomic mass is 32.2. The Hall–Kier alpha value is -1.46. The molecule has 23 heavy (non-hydrogen) atoms. The summed E-state index contributed by atoms with van der Waals surface area (Å²) in [7, 11) is 4.04. The van der Waals surface area contributed by atoms with Gasteiger partial charge in [0.15, 0.2) is 0 Å². The van der Waals surface area contributed by atoms with Gasteiger partial charge in [-0.05, 0) is 92.2 Å². The average molecular weight is 331 g/mol. The second-order valence-electron chi connectivity index (χ2n) is 6.54. The average Bonchev–Trinajstić information content (AvgIpc) is 3.14. The van der Waals surface area contributed by atoms with Crippen molar-refractivity contribution in [2.45, 2.75) is 38.5 Å².